The number of fused-ring (bicyclic) bond motifs is 2. The first-order valence-corrected chi connectivity index (χ1v) is 10.2. The van der Waals surface area contributed by atoms with Crippen molar-refractivity contribution in [3.8, 4) is 0 Å². The van der Waals surface area contributed by atoms with Gasteiger partial charge < -0.3 is 16.0 Å². The highest BCUT2D eigenvalue weighted by atomic mass is 32.2. The number of thiophene rings is 1. The second-order valence-electron chi connectivity index (χ2n) is 6.43. The number of nitrogens with one attached hydrogen (secondary N) is 2. The Hall–Kier alpha value is -1.92. The minimum atomic E-state index is -0.307. The lowest BCUT2D eigenvalue weighted by Gasteiger charge is -2.13. The first-order chi connectivity index (χ1) is 12.1. The van der Waals surface area contributed by atoms with Gasteiger partial charge in [0.2, 0.25) is 0 Å². The number of aromatic nitrogens is 1. The zero-order chi connectivity index (χ0) is 17.4. The van der Waals surface area contributed by atoms with E-state index in [0.29, 0.717) is 5.25 Å². The van der Waals surface area contributed by atoms with Gasteiger partial charge in [-0.1, -0.05) is 25.1 Å². The Labute approximate surface area is 155 Å². The maximum absolute atomic E-state index is 11.9. The molecular formula is C19H21N3OS2. The highest BCUT2D eigenvalue weighted by molar-refractivity contribution is 8.00. The number of aryl methyl sites for hydroxylation is 1. The number of amides is 1. The molecule has 2 heterocycles. The number of hydrogen-bond acceptors (Lipinski definition) is 4. The van der Waals surface area contributed by atoms with Crippen molar-refractivity contribution in [1.29, 1.82) is 0 Å². The van der Waals surface area contributed by atoms with Gasteiger partial charge in [0, 0.05) is 38.7 Å². The van der Waals surface area contributed by atoms with E-state index >= 15 is 0 Å². The molecule has 0 saturated carbocycles. The van der Waals surface area contributed by atoms with Crippen molar-refractivity contribution in [1.82, 2.24) is 4.98 Å². The monoisotopic (exact) mass is 371 g/mol. The zero-order valence-electron chi connectivity index (χ0n) is 14.1. The molecule has 0 spiro atoms. The SMILES string of the molecule is CC(CNc1sc2c(c1C(N)=O)CCC2)Sc1c[nH]c2ccccc12. The van der Waals surface area contributed by atoms with E-state index in [4.69, 9.17) is 5.73 Å². The third-order valence-corrected chi connectivity index (χ3v) is 7.01. The summed E-state index contributed by atoms with van der Waals surface area (Å²) in [5, 5.41) is 6.05. The Morgan fingerprint density at radius 1 is 1.40 bits per heavy atom. The van der Waals surface area contributed by atoms with Crippen LogP contribution in [-0.4, -0.2) is 22.7 Å². The van der Waals surface area contributed by atoms with Crippen molar-refractivity contribution in [2.45, 2.75) is 36.3 Å². The van der Waals surface area contributed by atoms with Crippen molar-refractivity contribution in [2.24, 2.45) is 5.73 Å². The second kappa shape index (κ2) is 6.77. The minimum absolute atomic E-state index is 0.307. The van der Waals surface area contributed by atoms with Gasteiger partial charge in [-0.15, -0.1) is 23.1 Å². The van der Waals surface area contributed by atoms with E-state index in [1.807, 2.05) is 17.8 Å². The largest absolute Gasteiger partial charge is 0.375 e. The van der Waals surface area contributed by atoms with Gasteiger partial charge in [0.15, 0.2) is 0 Å². The fourth-order valence-electron chi connectivity index (χ4n) is 3.43. The van der Waals surface area contributed by atoms with Crippen LogP contribution >= 0.6 is 23.1 Å². The number of benzene rings is 1. The molecule has 0 aliphatic heterocycles. The molecule has 0 bridgehead atoms. The molecule has 1 unspecified atom stereocenters. The molecule has 1 aliphatic rings. The number of rotatable bonds is 6. The molecule has 2 aromatic heterocycles. The maximum Gasteiger partial charge on any atom is 0.251 e. The Bertz CT molecular complexity index is 928. The quantitative estimate of drug-likeness (QED) is 0.562. The molecule has 1 aliphatic carbocycles. The van der Waals surface area contributed by atoms with Gasteiger partial charge in [0.25, 0.3) is 5.91 Å². The van der Waals surface area contributed by atoms with Gasteiger partial charge in [0.05, 0.1) is 5.56 Å². The lowest BCUT2D eigenvalue weighted by molar-refractivity contribution is 0.100. The molecule has 4 N–H and O–H groups in total. The summed E-state index contributed by atoms with van der Waals surface area (Å²) in [6.07, 6.45) is 5.25. The van der Waals surface area contributed by atoms with Crippen LogP contribution in [0.1, 0.15) is 34.1 Å². The number of primary amides is 1. The highest BCUT2D eigenvalue weighted by Gasteiger charge is 2.25. The average Bonchev–Trinajstić information content (AvgIpc) is 3.27. The van der Waals surface area contributed by atoms with E-state index in [2.05, 4.69) is 41.6 Å². The van der Waals surface area contributed by atoms with Gasteiger partial charge >= 0.3 is 0 Å². The predicted molar refractivity (Wildman–Crippen MR) is 107 cm³/mol. The number of nitrogens with two attached hydrogens (primary N) is 1. The zero-order valence-corrected chi connectivity index (χ0v) is 15.7. The van der Waals surface area contributed by atoms with E-state index in [9.17, 15) is 4.79 Å². The van der Waals surface area contributed by atoms with E-state index < -0.39 is 0 Å². The molecule has 6 heteroatoms. The number of carbonyl (C=O) groups is 1. The molecule has 1 amide bonds. The maximum atomic E-state index is 11.9. The Kier molecular flexibility index (Phi) is 4.48. The normalized spacial score (nSPS) is 14.6. The van der Waals surface area contributed by atoms with Gasteiger partial charge in [0.1, 0.15) is 5.00 Å². The highest BCUT2D eigenvalue weighted by Crippen LogP contribution is 2.39. The molecular weight excluding hydrogens is 350 g/mol. The summed E-state index contributed by atoms with van der Waals surface area (Å²) in [6, 6.07) is 8.34. The van der Waals surface area contributed by atoms with Crippen LogP contribution in [0.15, 0.2) is 35.4 Å². The van der Waals surface area contributed by atoms with Gasteiger partial charge in [-0.25, -0.2) is 0 Å². The second-order valence-corrected chi connectivity index (χ2v) is 9.02. The number of para-hydroxylation sites is 1. The van der Waals surface area contributed by atoms with Gasteiger partial charge in [-0.05, 0) is 30.9 Å². The molecule has 130 valence electrons. The lowest BCUT2D eigenvalue weighted by atomic mass is 10.1. The van der Waals surface area contributed by atoms with Crippen molar-refractivity contribution in [3.63, 3.8) is 0 Å². The Morgan fingerprint density at radius 3 is 3.08 bits per heavy atom. The van der Waals surface area contributed by atoms with Crippen LogP contribution < -0.4 is 11.1 Å². The Balaban J connectivity index is 1.46. The van der Waals surface area contributed by atoms with E-state index in [0.717, 1.165) is 41.9 Å². The lowest BCUT2D eigenvalue weighted by Crippen LogP contribution is -2.17. The van der Waals surface area contributed by atoms with Crippen molar-refractivity contribution < 1.29 is 4.79 Å². The van der Waals surface area contributed by atoms with E-state index in [1.54, 1.807) is 11.3 Å². The first kappa shape index (κ1) is 16.5. The number of anilines is 1. The Morgan fingerprint density at radius 2 is 2.24 bits per heavy atom. The predicted octanol–water partition coefficient (Wildman–Crippen LogP) is 4.41. The van der Waals surface area contributed by atoms with Gasteiger partial charge in [-0.2, -0.15) is 0 Å². The number of thioether (sulfide) groups is 1. The average molecular weight is 372 g/mol. The van der Waals surface area contributed by atoms with Crippen LogP contribution in [0.2, 0.25) is 0 Å². The molecule has 1 atom stereocenters. The third kappa shape index (κ3) is 3.16. The number of hydrogen-bond donors (Lipinski definition) is 3. The fraction of sp³-hybridized carbons (Fsp3) is 0.316. The summed E-state index contributed by atoms with van der Waals surface area (Å²) in [4.78, 5) is 17.8. The third-order valence-electron chi connectivity index (χ3n) is 4.60. The molecule has 0 saturated heterocycles. The van der Waals surface area contributed by atoms with Crippen molar-refractivity contribution in [2.75, 3.05) is 11.9 Å². The summed E-state index contributed by atoms with van der Waals surface area (Å²) < 4.78 is 0. The summed E-state index contributed by atoms with van der Waals surface area (Å²) in [5.74, 6) is -0.307. The topological polar surface area (TPSA) is 70.9 Å². The van der Waals surface area contributed by atoms with Crippen LogP contribution in [0.4, 0.5) is 5.00 Å². The summed E-state index contributed by atoms with van der Waals surface area (Å²) >= 11 is 3.54. The summed E-state index contributed by atoms with van der Waals surface area (Å²) in [6.45, 7) is 2.99. The molecule has 25 heavy (non-hydrogen) atoms. The van der Waals surface area contributed by atoms with Crippen LogP contribution in [0, 0.1) is 0 Å². The van der Waals surface area contributed by atoms with Crippen molar-refractivity contribution >= 4 is 44.9 Å². The smallest absolute Gasteiger partial charge is 0.251 e. The fourth-order valence-corrected chi connectivity index (χ4v) is 5.76. The minimum Gasteiger partial charge on any atom is -0.375 e. The van der Waals surface area contributed by atoms with Crippen molar-refractivity contribution in [3.05, 3.63) is 46.5 Å². The van der Waals surface area contributed by atoms with Gasteiger partial charge in [-0.3, -0.25) is 4.79 Å². The first-order valence-electron chi connectivity index (χ1n) is 8.54. The summed E-state index contributed by atoms with van der Waals surface area (Å²) in [7, 11) is 0. The molecule has 3 aromatic rings. The molecule has 0 radical (unpaired) electrons. The summed E-state index contributed by atoms with van der Waals surface area (Å²) in [5.41, 5.74) is 8.69. The molecule has 4 rings (SSSR count). The number of aromatic amines is 1. The van der Waals surface area contributed by atoms with Crippen LogP contribution in [-0.2, 0) is 12.8 Å². The van der Waals surface area contributed by atoms with Crippen LogP contribution in [0.25, 0.3) is 10.9 Å². The van der Waals surface area contributed by atoms with E-state index in [1.165, 1.54) is 20.7 Å². The van der Waals surface area contributed by atoms with Crippen LogP contribution in [0.3, 0.4) is 0 Å². The number of carbonyl (C=O) groups excluding carboxylic acids is 1. The standard InChI is InChI=1S/C19H21N3OS2/c1-11(24-16-10-21-14-7-3-2-5-12(14)16)9-22-19-17(18(20)23)13-6-4-8-15(13)25-19/h2-3,5,7,10-11,21-22H,4,6,8-9H2,1H3,(H2,20,23). The van der Waals surface area contributed by atoms with E-state index in [-0.39, 0.29) is 5.91 Å². The number of H-pyrrole nitrogens is 1. The molecule has 0 fully saturated rings. The molecule has 4 nitrogen and oxygen atoms in total. The molecule has 1 aromatic carbocycles. The van der Waals surface area contributed by atoms with Crippen LogP contribution in [0.5, 0.6) is 0 Å².